The number of halogens is 1. The molecule has 0 aliphatic carbocycles. The Morgan fingerprint density at radius 3 is 2.67 bits per heavy atom. The Kier molecular flexibility index (Phi) is 9.84. The van der Waals surface area contributed by atoms with Crippen molar-refractivity contribution < 1.29 is 29.3 Å². The number of aliphatic hydroxyl groups is 1. The van der Waals surface area contributed by atoms with E-state index in [4.69, 9.17) is 4.74 Å². The Morgan fingerprint density at radius 1 is 1.14 bits per heavy atom. The van der Waals surface area contributed by atoms with Crippen LogP contribution in [0.2, 0.25) is 0 Å². The molecule has 2 atom stereocenters. The molecule has 43 heavy (non-hydrogen) atoms. The Bertz CT molecular complexity index is 1460. The molecule has 3 heterocycles. The van der Waals surface area contributed by atoms with Crippen LogP contribution in [-0.4, -0.2) is 99.8 Å². The molecule has 0 radical (unpaired) electrons. The first-order chi connectivity index (χ1) is 20.8. The van der Waals surface area contributed by atoms with Crippen molar-refractivity contribution in [2.45, 2.75) is 50.4 Å². The number of aromatic hydroxyl groups is 1. The molecular weight excluding hydrogens is 618 g/mol. The number of urea groups is 1. The molecule has 5 rings (SSSR count). The van der Waals surface area contributed by atoms with Crippen molar-refractivity contribution in [2.24, 2.45) is 4.99 Å². The predicted octanol–water partition coefficient (Wildman–Crippen LogP) is 3.69. The zero-order valence-corrected chi connectivity index (χ0v) is 25.2. The number of amides is 4. The number of carbonyl (C=O) groups excluding carboxylic acids is 3. The van der Waals surface area contributed by atoms with E-state index < -0.39 is 24.2 Å². The van der Waals surface area contributed by atoms with Crippen LogP contribution < -0.4 is 5.32 Å². The topological polar surface area (TPSA) is 135 Å². The molecule has 12 heteroatoms. The van der Waals surface area contributed by atoms with Gasteiger partial charge >= 0.3 is 12.1 Å². The second-order valence-electron chi connectivity index (χ2n) is 10.9. The van der Waals surface area contributed by atoms with Crippen LogP contribution in [0.3, 0.4) is 0 Å². The molecule has 0 aromatic heterocycles. The van der Waals surface area contributed by atoms with Gasteiger partial charge < -0.3 is 35.0 Å². The smallest absolute Gasteiger partial charge is 0.410 e. The second-order valence-corrected chi connectivity index (χ2v) is 11.7. The lowest BCUT2D eigenvalue weighted by Crippen LogP contribution is -2.50. The van der Waals surface area contributed by atoms with Gasteiger partial charge in [-0.05, 0) is 76.7 Å². The maximum Gasteiger partial charge on any atom is 0.410 e. The molecule has 3 aliphatic heterocycles. The Hall–Kier alpha value is -4.08. The molecule has 2 fully saturated rings. The van der Waals surface area contributed by atoms with Crippen LogP contribution in [-0.2, 0) is 22.4 Å². The van der Waals surface area contributed by atoms with Gasteiger partial charge in [0.1, 0.15) is 5.75 Å². The fourth-order valence-corrected chi connectivity index (χ4v) is 5.96. The molecule has 3 aliphatic rings. The maximum absolute atomic E-state index is 13.2. The van der Waals surface area contributed by atoms with E-state index in [1.807, 2.05) is 34.1 Å². The van der Waals surface area contributed by atoms with Crippen LogP contribution in [0.5, 0.6) is 5.75 Å². The van der Waals surface area contributed by atoms with E-state index in [9.17, 15) is 24.6 Å². The van der Waals surface area contributed by atoms with Gasteiger partial charge in [-0.3, -0.25) is 4.79 Å². The highest BCUT2D eigenvalue weighted by Crippen LogP contribution is 2.27. The number of nitrogens with zero attached hydrogens (tertiary/aromatic N) is 4. The SMILES string of the molecule is O=C(N=C=C=CN1CCC(O)C1)[C@@H](Cc1ccc(O)c(Br)c1)OC(=O)N1CCC(N2CCc3ccccc3NC2=O)CC1. The first kappa shape index (κ1) is 30.4. The van der Waals surface area contributed by atoms with E-state index in [2.05, 4.69) is 37.8 Å². The number of piperidine rings is 1. The molecule has 11 nitrogen and oxygen atoms in total. The highest BCUT2D eigenvalue weighted by Gasteiger charge is 2.33. The summed E-state index contributed by atoms with van der Waals surface area (Å²) in [6.45, 7) is 2.49. The number of likely N-dealkylation sites (tertiary alicyclic amines) is 2. The molecule has 2 aromatic rings. The highest BCUT2D eigenvalue weighted by molar-refractivity contribution is 9.10. The number of benzene rings is 2. The Labute approximate surface area is 258 Å². The summed E-state index contributed by atoms with van der Waals surface area (Å²) in [5.74, 6) is 1.82. The number of anilines is 1. The highest BCUT2D eigenvalue weighted by atomic mass is 79.9. The summed E-state index contributed by atoms with van der Waals surface area (Å²) < 4.78 is 6.13. The van der Waals surface area contributed by atoms with Crippen molar-refractivity contribution in [3.8, 4) is 5.75 Å². The zero-order valence-electron chi connectivity index (χ0n) is 23.6. The zero-order chi connectivity index (χ0) is 30.3. The number of rotatable bonds is 6. The van der Waals surface area contributed by atoms with E-state index in [0.717, 1.165) is 17.7 Å². The number of para-hydroxylation sites is 1. The van der Waals surface area contributed by atoms with Gasteiger partial charge in [-0.2, -0.15) is 4.99 Å². The summed E-state index contributed by atoms with van der Waals surface area (Å²) in [5.41, 5.74) is 5.29. The summed E-state index contributed by atoms with van der Waals surface area (Å²) >= 11 is 3.27. The van der Waals surface area contributed by atoms with Crippen LogP contribution in [0.15, 0.2) is 63.9 Å². The first-order valence-electron chi connectivity index (χ1n) is 14.4. The molecular formula is C31H34BrN5O6. The number of aliphatic hydroxyl groups excluding tert-OH is 1. The van der Waals surface area contributed by atoms with Crippen LogP contribution in [0.25, 0.3) is 0 Å². The maximum atomic E-state index is 13.2. The number of phenolic OH excluding ortho intramolecular Hbond substituents is 1. The minimum Gasteiger partial charge on any atom is -0.507 e. The van der Waals surface area contributed by atoms with Crippen molar-refractivity contribution in [3.63, 3.8) is 0 Å². The van der Waals surface area contributed by atoms with E-state index in [1.54, 1.807) is 23.2 Å². The van der Waals surface area contributed by atoms with Crippen LogP contribution in [0.4, 0.5) is 15.3 Å². The fraction of sp³-hybridized carbons (Fsp3) is 0.419. The van der Waals surface area contributed by atoms with Gasteiger partial charge in [0.2, 0.25) is 0 Å². The summed E-state index contributed by atoms with van der Waals surface area (Å²) in [6, 6.07) is 12.4. The third kappa shape index (κ3) is 7.86. The summed E-state index contributed by atoms with van der Waals surface area (Å²) in [5, 5.41) is 22.5. The molecule has 0 bridgehead atoms. The standard InChI is InChI=1S/C31H34BrN5O6/c32-25-18-21(6-7-27(25)39)19-28(29(40)33-12-3-13-35-14-11-24(38)20-35)43-31(42)36-15-9-23(10-16-36)37-17-8-22-4-1-2-5-26(22)34-30(37)41/h1-2,4-7,13,18,23-24,28,38-39H,8-11,14-17,19-20H2,(H,34,41)/t24?,28-/m1/s1. The lowest BCUT2D eigenvalue weighted by atomic mass is 10.0. The van der Waals surface area contributed by atoms with Gasteiger partial charge in [-0.15, -0.1) is 0 Å². The number of aliphatic imine (C=N–C) groups is 1. The number of hydrogen-bond acceptors (Lipinski definition) is 7. The average molecular weight is 653 g/mol. The molecule has 0 saturated carbocycles. The number of ether oxygens (including phenoxy) is 1. The Morgan fingerprint density at radius 2 is 1.93 bits per heavy atom. The van der Waals surface area contributed by atoms with E-state index in [0.29, 0.717) is 62.0 Å². The van der Waals surface area contributed by atoms with Crippen LogP contribution >= 0.6 is 15.9 Å². The number of β-amino-alcohol motifs (C(OH)–C–C–N with tert-alkyl or cyclic N) is 1. The summed E-state index contributed by atoms with van der Waals surface area (Å²) in [7, 11) is 0. The van der Waals surface area contributed by atoms with E-state index >= 15 is 0 Å². The largest absolute Gasteiger partial charge is 0.507 e. The number of carbonyl (C=O) groups is 3. The van der Waals surface area contributed by atoms with Crippen molar-refractivity contribution >= 4 is 45.5 Å². The normalized spacial score (nSPS) is 19.3. The molecule has 2 aromatic carbocycles. The molecule has 226 valence electrons. The minimum atomic E-state index is -1.22. The first-order valence-corrected chi connectivity index (χ1v) is 15.1. The van der Waals surface area contributed by atoms with Gasteiger partial charge in [0, 0.05) is 56.7 Å². The number of phenols is 1. The van der Waals surface area contributed by atoms with Crippen molar-refractivity contribution in [1.82, 2.24) is 14.7 Å². The van der Waals surface area contributed by atoms with Crippen molar-refractivity contribution in [2.75, 3.05) is 38.0 Å². The number of fused-ring (bicyclic) bond motifs is 1. The monoisotopic (exact) mass is 651 g/mol. The van der Waals surface area contributed by atoms with Gasteiger partial charge in [0.25, 0.3) is 5.91 Å². The number of nitrogens with one attached hydrogen (secondary N) is 1. The Balaban J connectivity index is 1.22. The van der Waals surface area contributed by atoms with Gasteiger partial charge in [0.15, 0.2) is 6.10 Å². The lowest BCUT2D eigenvalue weighted by molar-refractivity contribution is -0.126. The molecule has 3 N–H and O–H groups in total. The van der Waals surface area contributed by atoms with Gasteiger partial charge in [0.05, 0.1) is 16.8 Å². The van der Waals surface area contributed by atoms with Crippen LogP contribution in [0.1, 0.15) is 30.4 Å². The fourth-order valence-electron chi connectivity index (χ4n) is 5.53. The van der Waals surface area contributed by atoms with Crippen molar-refractivity contribution in [1.29, 1.82) is 0 Å². The lowest BCUT2D eigenvalue weighted by Gasteiger charge is -2.37. The molecule has 1 unspecified atom stereocenters. The number of hydrogen-bond donors (Lipinski definition) is 3. The quantitative estimate of drug-likeness (QED) is 0.320. The van der Waals surface area contributed by atoms with E-state index in [1.165, 1.54) is 6.07 Å². The third-order valence-corrected chi connectivity index (χ3v) is 8.56. The molecule has 2 saturated heterocycles. The van der Waals surface area contributed by atoms with Crippen molar-refractivity contribution in [3.05, 3.63) is 70.0 Å². The summed E-state index contributed by atoms with van der Waals surface area (Å²) in [4.78, 5) is 48.2. The molecule has 4 amide bonds. The third-order valence-electron chi connectivity index (χ3n) is 7.93. The second kappa shape index (κ2) is 13.9. The van der Waals surface area contributed by atoms with Gasteiger partial charge in [-0.1, -0.05) is 24.3 Å². The minimum absolute atomic E-state index is 0.0246. The van der Waals surface area contributed by atoms with Gasteiger partial charge in [-0.25, -0.2) is 9.59 Å². The average Bonchev–Trinajstić information content (AvgIpc) is 3.34. The summed E-state index contributed by atoms with van der Waals surface area (Å²) in [6.07, 6.45) is 1.94. The van der Waals surface area contributed by atoms with Crippen LogP contribution in [0, 0.1) is 0 Å². The van der Waals surface area contributed by atoms with E-state index in [-0.39, 0.29) is 24.2 Å². The molecule has 0 spiro atoms. The predicted molar refractivity (Wildman–Crippen MR) is 163 cm³/mol.